The lowest BCUT2D eigenvalue weighted by Crippen LogP contribution is -2.67. The van der Waals surface area contributed by atoms with Crippen LogP contribution in [-0.4, -0.2) is 285 Å². The SMILES string of the molecule is C=C1C[C@@]23CCC4[C@](C)(C(=O)OC5OC(CO)C(O)C(OC6OC(CO)C(O)C(O)C6O)C5OC5OC(CO)C(O)C(O)C5O)CCC[C@@]4(C)[C@@H]2CC[C@]1(OC1OC(CO)C(O)C(OC2OC(CO)C(O)C(O)C2O)C1O)C3. The summed E-state index contributed by atoms with van der Waals surface area (Å²) >= 11 is 0. The first-order valence-corrected chi connectivity index (χ1v) is 26.9. The summed E-state index contributed by atoms with van der Waals surface area (Å²) in [5.74, 6) is -1.19. The molecule has 28 heteroatoms. The lowest BCUT2D eigenvalue weighted by atomic mass is 9.41. The first-order valence-electron chi connectivity index (χ1n) is 26.9. The number of esters is 1. The number of carbonyl (C=O) groups is 1. The Kier molecular flexibility index (Phi) is 18.2. The number of aliphatic hydroxyl groups is 17. The predicted molar refractivity (Wildman–Crippen MR) is 252 cm³/mol. The molecule has 0 radical (unpaired) electrons. The Labute approximate surface area is 448 Å². The zero-order valence-electron chi connectivity index (χ0n) is 43.3. The van der Waals surface area contributed by atoms with Gasteiger partial charge in [-0.15, -0.1) is 0 Å². The fourth-order valence-electron chi connectivity index (χ4n) is 15.0. The molecule has 26 unspecified atom stereocenters. The van der Waals surface area contributed by atoms with Crippen molar-refractivity contribution in [3.8, 4) is 0 Å². The summed E-state index contributed by atoms with van der Waals surface area (Å²) in [6.45, 7) is 4.22. The minimum Gasteiger partial charge on any atom is -0.432 e. The molecule has 5 saturated heterocycles. The van der Waals surface area contributed by atoms with Crippen molar-refractivity contribution in [3.63, 3.8) is 0 Å². The van der Waals surface area contributed by atoms with Crippen LogP contribution in [0.3, 0.4) is 0 Å². The van der Waals surface area contributed by atoms with Crippen LogP contribution in [0.25, 0.3) is 0 Å². The number of ether oxygens (including phenoxy) is 10. The largest absolute Gasteiger partial charge is 0.432 e. The fraction of sp³-hybridized carbons (Fsp3) is 0.940. The molecule has 0 aromatic carbocycles. The monoisotopic (exact) mass is 1130 g/mol. The molecular formula is C50H80O28. The summed E-state index contributed by atoms with van der Waals surface area (Å²) < 4.78 is 59.7. The summed E-state index contributed by atoms with van der Waals surface area (Å²) in [4.78, 5) is 15.2. The molecule has 5 aliphatic heterocycles. The third-order valence-corrected chi connectivity index (χ3v) is 19.2. The molecule has 4 aliphatic carbocycles. The van der Waals surface area contributed by atoms with E-state index in [2.05, 4.69) is 13.5 Å². The summed E-state index contributed by atoms with van der Waals surface area (Å²) in [5.41, 5.74) is -2.63. The van der Waals surface area contributed by atoms with Gasteiger partial charge in [-0.05, 0) is 86.5 Å². The first kappa shape index (κ1) is 60.8. The van der Waals surface area contributed by atoms with Crippen molar-refractivity contribution in [2.75, 3.05) is 33.0 Å². The molecule has 9 aliphatic rings. The smallest absolute Gasteiger partial charge is 0.314 e. The topological polar surface area (TPSA) is 453 Å². The van der Waals surface area contributed by atoms with Gasteiger partial charge in [-0.1, -0.05) is 19.9 Å². The Hall–Kier alpha value is -1.83. The van der Waals surface area contributed by atoms with E-state index in [-0.39, 0.29) is 11.8 Å². The van der Waals surface area contributed by atoms with Gasteiger partial charge in [-0.25, -0.2) is 0 Å². The summed E-state index contributed by atoms with van der Waals surface area (Å²) in [7, 11) is 0. The lowest BCUT2D eigenvalue weighted by Gasteiger charge is -2.64. The van der Waals surface area contributed by atoms with Crippen molar-refractivity contribution in [2.24, 2.45) is 28.1 Å². The molecule has 0 aromatic rings. The predicted octanol–water partition coefficient (Wildman–Crippen LogP) is -7.29. The van der Waals surface area contributed by atoms with Crippen LogP contribution in [0.5, 0.6) is 0 Å². The Morgan fingerprint density at radius 3 is 1.41 bits per heavy atom. The van der Waals surface area contributed by atoms with Crippen LogP contribution in [0.4, 0.5) is 0 Å². The van der Waals surface area contributed by atoms with Crippen molar-refractivity contribution >= 4 is 5.97 Å². The van der Waals surface area contributed by atoms with Gasteiger partial charge in [0, 0.05) is 0 Å². The quantitative estimate of drug-likeness (QED) is 0.0411. The van der Waals surface area contributed by atoms with Crippen molar-refractivity contribution < 1.29 is 139 Å². The maximum absolute atomic E-state index is 15.2. The second kappa shape index (κ2) is 23.3. The zero-order valence-corrected chi connectivity index (χ0v) is 43.3. The normalized spacial score (nSPS) is 54.5. The average molecular weight is 1130 g/mol. The average Bonchev–Trinajstić information content (AvgIpc) is 3.88. The van der Waals surface area contributed by atoms with Crippen LogP contribution >= 0.6 is 0 Å². The van der Waals surface area contributed by atoms with Gasteiger partial charge in [-0.3, -0.25) is 4.79 Å². The van der Waals surface area contributed by atoms with E-state index in [0.29, 0.717) is 63.4 Å². The third kappa shape index (κ3) is 10.3. The second-order valence-corrected chi connectivity index (χ2v) is 23.6. The number of rotatable bonds is 15. The molecular weight excluding hydrogens is 1050 g/mol. The second-order valence-electron chi connectivity index (χ2n) is 23.6. The van der Waals surface area contributed by atoms with E-state index in [1.165, 1.54) is 0 Å². The minimum atomic E-state index is -2.04. The molecule has 31 atom stereocenters. The Morgan fingerprint density at radius 1 is 0.487 bits per heavy atom. The molecule has 9 fully saturated rings. The van der Waals surface area contributed by atoms with Gasteiger partial charge >= 0.3 is 5.97 Å². The van der Waals surface area contributed by atoms with Crippen LogP contribution in [0.15, 0.2) is 12.2 Å². The molecule has 2 bridgehead atoms. The van der Waals surface area contributed by atoms with E-state index < -0.39 is 214 Å². The summed E-state index contributed by atoms with van der Waals surface area (Å²) in [6.07, 6.45) is -39.9. The van der Waals surface area contributed by atoms with Gasteiger partial charge in [0.15, 0.2) is 31.3 Å². The highest BCUT2D eigenvalue weighted by Crippen LogP contribution is 2.74. The fourth-order valence-corrected chi connectivity index (χ4v) is 15.0. The highest BCUT2D eigenvalue weighted by atomic mass is 16.8. The van der Waals surface area contributed by atoms with Crippen LogP contribution in [0.1, 0.15) is 71.6 Å². The van der Waals surface area contributed by atoms with Crippen LogP contribution in [0.2, 0.25) is 0 Å². The van der Waals surface area contributed by atoms with Crippen molar-refractivity contribution in [1.82, 2.24) is 0 Å². The van der Waals surface area contributed by atoms with Crippen molar-refractivity contribution in [3.05, 3.63) is 12.2 Å². The van der Waals surface area contributed by atoms with Crippen molar-refractivity contribution in [2.45, 2.75) is 231 Å². The highest BCUT2D eigenvalue weighted by molar-refractivity contribution is 5.77. The van der Waals surface area contributed by atoms with E-state index in [0.717, 1.165) is 0 Å². The molecule has 0 amide bonds. The van der Waals surface area contributed by atoms with Gasteiger partial charge < -0.3 is 134 Å². The van der Waals surface area contributed by atoms with E-state index in [1.807, 2.05) is 0 Å². The summed E-state index contributed by atoms with van der Waals surface area (Å²) in [5, 5.41) is 181. The number of fused-ring (bicyclic) bond motifs is 3. The maximum Gasteiger partial charge on any atom is 0.314 e. The van der Waals surface area contributed by atoms with Gasteiger partial charge in [0.05, 0.1) is 44.1 Å². The maximum atomic E-state index is 15.2. The van der Waals surface area contributed by atoms with Gasteiger partial charge in [-0.2, -0.15) is 0 Å². The van der Waals surface area contributed by atoms with Crippen molar-refractivity contribution in [1.29, 1.82) is 0 Å². The number of hydrogen-bond donors (Lipinski definition) is 17. The lowest BCUT2D eigenvalue weighted by molar-refractivity contribution is -0.389. The molecule has 17 N–H and O–H groups in total. The van der Waals surface area contributed by atoms with Gasteiger partial charge in [0.2, 0.25) is 6.29 Å². The first-order chi connectivity index (χ1) is 36.9. The van der Waals surface area contributed by atoms with Gasteiger partial charge in [0.25, 0.3) is 0 Å². The highest BCUT2D eigenvalue weighted by Gasteiger charge is 2.70. The molecule has 78 heavy (non-hydrogen) atoms. The number of carbonyl (C=O) groups excluding carboxylic acids is 1. The van der Waals surface area contributed by atoms with Crippen LogP contribution < -0.4 is 0 Å². The molecule has 448 valence electrons. The molecule has 28 nitrogen and oxygen atoms in total. The van der Waals surface area contributed by atoms with Crippen LogP contribution in [0, 0.1) is 28.1 Å². The molecule has 9 rings (SSSR count). The minimum absolute atomic E-state index is 0.0444. The molecule has 1 spiro atoms. The number of aliphatic hydroxyl groups excluding tert-OH is 17. The van der Waals surface area contributed by atoms with Gasteiger partial charge in [0.1, 0.15) is 116 Å². The Morgan fingerprint density at radius 2 is 0.910 bits per heavy atom. The zero-order chi connectivity index (χ0) is 56.7. The van der Waals surface area contributed by atoms with E-state index >= 15 is 4.79 Å². The molecule has 0 aromatic heterocycles. The standard InChI is InChI=1S/C50H80O28/c1-18-11-49-9-5-24-47(2,25(49)6-10-50(18,17-49)78-44-37(67)38(29(59)22(15-54)72-44)74-41-34(64)31(61)26(56)19(12-51)69-41)7-4-8-48(24,3)46(68)77-45-40(76-43-36(66)33(63)28(58)21(14-53)71-43)39(30(60)23(16-55)73-45)75-42-35(65)32(62)27(57)20(13-52)70-42/h19-45,51-67H,1,4-17H2,2-3H3/t19?,20?,21?,22?,23?,24?,25-,26?,27?,28?,29?,30?,31?,32?,33?,34?,35?,36?,37?,38?,39?,40?,41?,42?,43?,44?,45?,47+,48+,49+,50-/m0/s1. The van der Waals surface area contributed by atoms with Crippen LogP contribution in [-0.2, 0) is 52.2 Å². The molecule has 4 saturated carbocycles. The number of hydrogen-bond acceptors (Lipinski definition) is 28. The Bertz CT molecular complexity index is 2070. The Balaban J connectivity index is 0.949. The van der Waals surface area contributed by atoms with E-state index in [1.54, 1.807) is 6.92 Å². The summed E-state index contributed by atoms with van der Waals surface area (Å²) in [6, 6.07) is 0. The third-order valence-electron chi connectivity index (χ3n) is 19.2. The molecule has 5 heterocycles. The van der Waals surface area contributed by atoms with E-state index in [4.69, 9.17) is 47.4 Å². The van der Waals surface area contributed by atoms with E-state index in [9.17, 15) is 86.8 Å².